The molecule has 1 aromatic heterocycles. The summed E-state index contributed by atoms with van der Waals surface area (Å²) in [6.45, 7) is 11.9. The van der Waals surface area contributed by atoms with Gasteiger partial charge in [-0.1, -0.05) is 25.5 Å². The fraction of sp³-hybridized carbons (Fsp3) is 0.632. The lowest BCUT2D eigenvalue weighted by Crippen LogP contribution is -2.48. The highest BCUT2D eigenvalue weighted by Crippen LogP contribution is 2.29. The van der Waals surface area contributed by atoms with Crippen molar-refractivity contribution < 1.29 is 4.39 Å². The molecule has 0 aliphatic carbocycles. The van der Waals surface area contributed by atoms with Crippen LogP contribution in [0.5, 0.6) is 0 Å². The topological polar surface area (TPSA) is 50.1 Å². The van der Waals surface area contributed by atoms with Crippen molar-refractivity contribution in [2.75, 3.05) is 31.1 Å². The number of piperazine rings is 1. The van der Waals surface area contributed by atoms with Gasteiger partial charge in [-0.25, -0.2) is 9.07 Å². The summed E-state index contributed by atoms with van der Waals surface area (Å²) in [4.78, 5) is 4.57. The van der Waals surface area contributed by atoms with E-state index in [4.69, 9.17) is 0 Å². The summed E-state index contributed by atoms with van der Waals surface area (Å²) in [7, 11) is 0. The van der Waals surface area contributed by atoms with Crippen LogP contribution >= 0.6 is 0 Å². The van der Waals surface area contributed by atoms with Crippen molar-refractivity contribution in [3.63, 3.8) is 0 Å². The molecular formula is C19H29FN6. The summed E-state index contributed by atoms with van der Waals surface area (Å²) in [6.07, 6.45) is 2.07. The Bertz CT molecular complexity index is 715. The predicted molar refractivity (Wildman–Crippen MR) is 101 cm³/mol. The molecule has 6 nitrogen and oxygen atoms in total. The van der Waals surface area contributed by atoms with Crippen molar-refractivity contribution in [2.45, 2.75) is 52.1 Å². The van der Waals surface area contributed by atoms with Crippen LogP contribution in [-0.4, -0.2) is 51.3 Å². The molecule has 1 unspecified atom stereocenters. The van der Waals surface area contributed by atoms with E-state index in [2.05, 4.69) is 53.0 Å². The molecule has 7 heteroatoms. The summed E-state index contributed by atoms with van der Waals surface area (Å²) >= 11 is 0. The highest BCUT2D eigenvalue weighted by atomic mass is 19.1. The average molecular weight is 360 g/mol. The maximum absolute atomic E-state index is 14.1. The minimum atomic E-state index is -0.153. The zero-order valence-corrected chi connectivity index (χ0v) is 16.2. The molecule has 0 amide bonds. The Morgan fingerprint density at radius 2 is 1.81 bits per heavy atom. The molecule has 26 heavy (non-hydrogen) atoms. The average Bonchev–Trinajstić information content (AvgIpc) is 3.10. The molecule has 2 heterocycles. The minimum Gasteiger partial charge on any atom is -0.367 e. The van der Waals surface area contributed by atoms with Crippen LogP contribution in [0.25, 0.3) is 0 Å². The van der Waals surface area contributed by atoms with E-state index >= 15 is 0 Å². The van der Waals surface area contributed by atoms with Crippen molar-refractivity contribution in [3.05, 3.63) is 35.9 Å². The molecule has 0 spiro atoms. The molecule has 1 fully saturated rings. The van der Waals surface area contributed by atoms with E-state index in [9.17, 15) is 4.39 Å². The minimum absolute atomic E-state index is 0.150. The molecule has 0 N–H and O–H groups in total. The Balaban J connectivity index is 1.76. The van der Waals surface area contributed by atoms with Gasteiger partial charge in [0.05, 0.1) is 17.3 Å². The molecule has 1 aliphatic rings. The lowest BCUT2D eigenvalue weighted by molar-refractivity contribution is 0.156. The van der Waals surface area contributed by atoms with Crippen LogP contribution in [0.4, 0.5) is 10.1 Å². The first kappa shape index (κ1) is 18.8. The van der Waals surface area contributed by atoms with E-state index in [1.165, 1.54) is 6.07 Å². The first-order valence-electron chi connectivity index (χ1n) is 9.44. The van der Waals surface area contributed by atoms with Crippen LogP contribution in [0.3, 0.4) is 0 Å². The third-order valence-corrected chi connectivity index (χ3v) is 4.94. The molecular weight excluding hydrogens is 331 g/mol. The van der Waals surface area contributed by atoms with E-state index in [-0.39, 0.29) is 17.4 Å². The van der Waals surface area contributed by atoms with Gasteiger partial charge in [-0.05, 0) is 49.8 Å². The van der Waals surface area contributed by atoms with Crippen LogP contribution < -0.4 is 4.90 Å². The second-order valence-electron chi connectivity index (χ2n) is 7.90. The van der Waals surface area contributed by atoms with E-state index in [1.807, 2.05) is 16.8 Å². The van der Waals surface area contributed by atoms with Crippen LogP contribution in [-0.2, 0) is 5.54 Å². The summed E-state index contributed by atoms with van der Waals surface area (Å²) in [5.74, 6) is 0.779. The molecule has 1 atom stereocenters. The van der Waals surface area contributed by atoms with E-state index in [1.54, 1.807) is 6.07 Å². The SMILES string of the molecule is CCCC(c1nnnn1C(C)(C)C)N1CCN(c2ccccc2F)CC1. The molecule has 0 saturated carbocycles. The van der Waals surface area contributed by atoms with Gasteiger partial charge in [0.1, 0.15) is 5.82 Å². The van der Waals surface area contributed by atoms with E-state index < -0.39 is 0 Å². The summed E-state index contributed by atoms with van der Waals surface area (Å²) < 4.78 is 16.0. The van der Waals surface area contributed by atoms with Gasteiger partial charge in [-0.3, -0.25) is 4.90 Å². The summed E-state index contributed by atoms with van der Waals surface area (Å²) in [5, 5.41) is 12.5. The Hall–Kier alpha value is -2.02. The highest BCUT2D eigenvalue weighted by Gasteiger charge is 2.31. The second-order valence-corrected chi connectivity index (χ2v) is 7.90. The van der Waals surface area contributed by atoms with Gasteiger partial charge in [0, 0.05) is 26.2 Å². The van der Waals surface area contributed by atoms with Crippen molar-refractivity contribution in [1.29, 1.82) is 0 Å². The quantitative estimate of drug-likeness (QED) is 0.819. The Kier molecular flexibility index (Phi) is 5.55. The monoisotopic (exact) mass is 360 g/mol. The number of rotatable bonds is 5. The second kappa shape index (κ2) is 7.70. The third-order valence-electron chi connectivity index (χ3n) is 4.94. The van der Waals surface area contributed by atoms with Crippen LogP contribution in [0.1, 0.15) is 52.4 Å². The largest absolute Gasteiger partial charge is 0.367 e. The number of halogens is 1. The number of nitrogens with zero attached hydrogens (tertiary/aromatic N) is 6. The van der Waals surface area contributed by atoms with Gasteiger partial charge in [0.2, 0.25) is 0 Å². The van der Waals surface area contributed by atoms with Crippen LogP contribution in [0.2, 0.25) is 0 Å². The smallest absolute Gasteiger partial charge is 0.168 e. The van der Waals surface area contributed by atoms with Gasteiger partial charge in [-0.2, -0.15) is 0 Å². The molecule has 0 bridgehead atoms. The molecule has 142 valence electrons. The molecule has 1 aromatic carbocycles. The molecule has 0 radical (unpaired) electrons. The van der Waals surface area contributed by atoms with Gasteiger partial charge < -0.3 is 4.90 Å². The maximum atomic E-state index is 14.1. The predicted octanol–water partition coefficient (Wildman–Crippen LogP) is 3.23. The lowest BCUT2D eigenvalue weighted by Gasteiger charge is -2.40. The fourth-order valence-corrected chi connectivity index (χ4v) is 3.61. The summed E-state index contributed by atoms with van der Waals surface area (Å²) in [5.41, 5.74) is 0.540. The number of tetrazole rings is 1. The number of hydrogen-bond donors (Lipinski definition) is 0. The van der Waals surface area contributed by atoms with Gasteiger partial charge in [0.15, 0.2) is 5.82 Å². The molecule has 1 saturated heterocycles. The molecule has 2 aromatic rings. The maximum Gasteiger partial charge on any atom is 0.168 e. The van der Waals surface area contributed by atoms with Gasteiger partial charge in [0.25, 0.3) is 0 Å². The zero-order valence-electron chi connectivity index (χ0n) is 16.2. The Morgan fingerprint density at radius 1 is 1.12 bits per heavy atom. The van der Waals surface area contributed by atoms with Crippen molar-refractivity contribution in [3.8, 4) is 0 Å². The zero-order chi connectivity index (χ0) is 18.7. The first-order valence-corrected chi connectivity index (χ1v) is 9.44. The van der Waals surface area contributed by atoms with Gasteiger partial charge in [-0.15, -0.1) is 5.10 Å². The van der Waals surface area contributed by atoms with Crippen molar-refractivity contribution in [2.24, 2.45) is 0 Å². The molecule has 3 rings (SSSR count). The third kappa shape index (κ3) is 3.87. The Morgan fingerprint density at radius 3 is 2.42 bits per heavy atom. The normalized spacial score (nSPS) is 17.5. The number of anilines is 1. The number of hydrogen-bond acceptors (Lipinski definition) is 5. The Labute approximate surface area is 155 Å². The lowest BCUT2D eigenvalue weighted by atomic mass is 10.0. The van der Waals surface area contributed by atoms with E-state index in [0.717, 1.165) is 44.8 Å². The standard InChI is InChI=1S/C19H29FN6/c1-5-8-17(18-21-22-23-26(18)19(2,3)4)25-13-11-24(12-14-25)16-10-7-6-9-15(16)20/h6-7,9-10,17H,5,8,11-14H2,1-4H3. The highest BCUT2D eigenvalue weighted by molar-refractivity contribution is 5.48. The van der Waals surface area contributed by atoms with Crippen LogP contribution in [0.15, 0.2) is 24.3 Å². The molecule has 1 aliphatic heterocycles. The first-order chi connectivity index (χ1) is 12.4. The van der Waals surface area contributed by atoms with Crippen molar-refractivity contribution in [1.82, 2.24) is 25.1 Å². The number of para-hydroxylation sites is 1. The van der Waals surface area contributed by atoms with Crippen molar-refractivity contribution >= 4 is 5.69 Å². The number of aromatic nitrogens is 4. The van der Waals surface area contributed by atoms with E-state index in [0.29, 0.717) is 5.69 Å². The fourth-order valence-electron chi connectivity index (χ4n) is 3.61. The summed E-state index contributed by atoms with van der Waals surface area (Å²) in [6, 6.07) is 7.20. The van der Waals surface area contributed by atoms with Gasteiger partial charge >= 0.3 is 0 Å². The van der Waals surface area contributed by atoms with Crippen LogP contribution in [0, 0.1) is 5.82 Å². The number of benzene rings is 1.